The van der Waals surface area contributed by atoms with E-state index in [0.717, 1.165) is 40.8 Å². The lowest BCUT2D eigenvalue weighted by atomic mass is 9.88. The van der Waals surface area contributed by atoms with E-state index in [1.807, 2.05) is 48.5 Å². The van der Waals surface area contributed by atoms with Crippen molar-refractivity contribution in [2.45, 2.75) is 18.6 Å². The van der Waals surface area contributed by atoms with Crippen molar-refractivity contribution >= 4 is 11.9 Å². The smallest absolute Gasteiger partial charge is 0.330 e. The fourth-order valence-electron chi connectivity index (χ4n) is 5.19. The molecule has 0 saturated heterocycles. The van der Waals surface area contributed by atoms with Crippen molar-refractivity contribution in [3.8, 4) is 44.9 Å². The molecule has 0 aromatic heterocycles. The predicted octanol–water partition coefficient (Wildman–Crippen LogP) is 5.53. The summed E-state index contributed by atoms with van der Waals surface area (Å²) in [4.78, 5) is 22.5. The lowest BCUT2D eigenvalue weighted by molar-refractivity contribution is -0.142. The lowest BCUT2D eigenvalue weighted by Crippen LogP contribution is -2.24. The van der Waals surface area contributed by atoms with Crippen LogP contribution >= 0.6 is 0 Å². The molecule has 8 heteroatoms. The van der Waals surface area contributed by atoms with E-state index in [1.54, 1.807) is 0 Å². The average molecular weight is 607 g/mol. The van der Waals surface area contributed by atoms with Crippen LogP contribution in [-0.4, -0.2) is 60.8 Å². The Morgan fingerprint density at radius 1 is 0.644 bits per heavy atom. The third-order valence-corrected chi connectivity index (χ3v) is 7.35. The average Bonchev–Trinajstić information content (AvgIpc) is 3.46. The summed E-state index contributed by atoms with van der Waals surface area (Å²) in [6.07, 6.45) is 0.949. The highest BCUT2D eigenvalue weighted by atomic mass is 16.6. The van der Waals surface area contributed by atoms with Gasteiger partial charge in [-0.1, -0.05) is 73.8 Å². The SMILES string of the molecule is C=CC(=O)OCC(O)COc1ccc(-c2ccc3c(c2-c2ccc(OCC(O)COC(=O)C=C)cc2)Cc2ccccc2-3)cc1. The van der Waals surface area contributed by atoms with Gasteiger partial charge in [0.1, 0.15) is 50.1 Å². The number of benzene rings is 4. The predicted molar refractivity (Wildman–Crippen MR) is 171 cm³/mol. The van der Waals surface area contributed by atoms with Gasteiger partial charge in [-0.3, -0.25) is 0 Å². The van der Waals surface area contributed by atoms with Gasteiger partial charge in [0, 0.05) is 12.2 Å². The normalized spacial score (nSPS) is 12.7. The first-order chi connectivity index (χ1) is 21.9. The highest BCUT2D eigenvalue weighted by molar-refractivity contribution is 5.93. The Morgan fingerprint density at radius 3 is 1.71 bits per heavy atom. The molecule has 1 aliphatic carbocycles. The number of rotatable bonds is 14. The molecule has 0 heterocycles. The number of carbonyl (C=O) groups is 2. The van der Waals surface area contributed by atoms with Crippen LogP contribution in [0.15, 0.2) is 110 Å². The molecule has 2 N–H and O–H groups in total. The maximum absolute atomic E-state index is 11.2. The van der Waals surface area contributed by atoms with E-state index < -0.39 is 24.1 Å². The highest BCUT2D eigenvalue weighted by Gasteiger charge is 2.24. The molecule has 5 rings (SSSR count). The molecule has 2 atom stereocenters. The largest absolute Gasteiger partial charge is 0.491 e. The third kappa shape index (κ3) is 7.67. The Hall–Kier alpha value is -5.18. The molecule has 0 aliphatic heterocycles. The zero-order valence-corrected chi connectivity index (χ0v) is 24.7. The van der Waals surface area contributed by atoms with Crippen LogP contribution < -0.4 is 9.47 Å². The van der Waals surface area contributed by atoms with Crippen LogP contribution in [0.25, 0.3) is 33.4 Å². The standard InChI is InChI=1S/C37H34O8/c1-3-35(40)44-22-27(38)20-42-29-13-9-24(10-14-29)32-17-18-33-31-8-6-5-7-26(31)19-34(33)37(32)25-11-15-30(16-12-25)43-21-28(39)23-45-36(41)4-2/h3-18,27-28,38-39H,1-2,19-23H2. The number of aliphatic hydroxyl groups is 2. The van der Waals surface area contributed by atoms with E-state index in [-0.39, 0.29) is 26.4 Å². The van der Waals surface area contributed by atoms with Gasteiger partial charge in [0.25, 0.3) is 0 Å². The summed E-state index contributed by atoms with van der Waals surface area (Å²) in [5.41, 5.74) is 9.12. The second-order valence-electron chi connectivity index (χ2n) is 10.5. The van der Waals surface area contributed by atoms with Crippen molar-refractivity contribution in [3.05, 3.63) is 121 Å². The Bertz CT molecular complexity index is 1670. The maximum atomic E-state index is 11.2. The van der Waals surface area contributed by atoms with E-state index in [0.29, 0.717) is 11.5 Å². The number of fused-ring (bicyclic) bond motifs is 3. The molecule has 0 spiro atoms. The van der Waals surface area contributed by atoms with Crippen molar-refractivity contribution in [2.75, 3.05) is 26.4 Å². The van der Waals surface area contributed by atoms with Gasteiger partial charge in [0.15, 0.2) is 0 Å². The monoisotopic (exact) mass is 606 g/mol. The molecule has 8 nitrogen and oxygen atoms in total. The minimum absolute atomic E-state index is 0.0302. The fourth-order valence-corrected chi connectivity index (χ4v) is 5.19. The van der Waals surface area contributed by atoms with E-state index in [1.165, 1.54) is 22.3 Å². The van der Waals surface area contributed by atoms with E-state index >= 15 is 0 Å². The second-order valence-corrected chi connectivity index (χ2v) is 10.5. The van der Waals surface area contributed by atoms with Crippen molar-refractivity contribution in [1.82, 2.24) is 0 Å². The van der Waals surface area contributed by atoms with Crippen LogP contribution in [0.5, 0.6) is 11.5 Å². The molecule has 2 unspecified atom stereocenters. The summed E-state index contributed by atoms with van der Waals surface area (Å²) in [5.74, 6) is -0.0491. The van der Waals surface area contributed by atoms with Crippen LogP contribution in [0.2, 0.25) is 0 Å². The summed E-state index contributed by atoms with van der Waals surface area (Å²) in [7, 11) is 0. The van der Waals surface area contributed by atoms with E-state index in [2.05, 4.69) is 49.6 Å². The molecule has 45 heavy (non-hydrogen) atoms. The summed E-state index contributed by atoms with van der Waals surface area (Å²) < 4.78 is 21.2. The Labute approximate surface area is 261 Å². The van der Waals surface area contributed by atoms with Gasteiger partial charge in [-0.25, -0.2) is 9.59 Å². The number of carbonyl (C=O) groups excluding carboxylic acids is 2. The number of aliphatic hydroxyl groups excluding tert-OH is 2. The highest BCUT2D eigenvalue weighted by Crippen LogP contribution is 2.46. The molecule has 1 aliphatic rings. The summed E-state index contributed by atoms with van der Waals surface area (Å²) in [6.45, 7) is 6.25. The van der Waals surface area contributed by atoms with Gasteiger partial charge in [0.2, 0.25) is 0 Å². The van der Waals surface area contributed by atoms with Gasteiger partial charge in [-0.15, -0.1) is 0 Å². The molecular formula is C37H34O8. The number of ether oxygens (including phenoxy) is 4. The van der Waals surface area contributed by atoms with Crippen molar-refractivity contribution in [3.63, 3.8) is 0 Å². The summed E-state index contributed by atoms with van der Waals surface area (Å²) in [6, 6.07) is 28.1. The van der Waals surface area contributed by atoms with Gasteiger partial charge in [-0.05, 0) is 75.2 Å². The van der Waals surface area contributed by atoms with E-state index in [9.17, 15) is 19.8 Å². The van der Waals surface area contributed by atoms with Crippen molar-refractivity contribution in [1.29, 1.82) is 0 Å². The van der Waals surface area contributed by atoms with Crippen molar-refractivity contribution < 1.29 is 38.7 Å². The maximum Gasteiger partial charge on any atom is 0.330 e. The molecule has 0 radical (unpaired) electrons. The third-order valence-electron chi connectivity index (χ3n) is 7.35. The molecule has 4 aromatic carbocycles. The molecule has 0 saturated carbocycles. The number of esters is 2. The molecule has 4 aromatic rings. The minimum atomic E-state index is -0.971. The minimum Gasteiger partial charge on any atom is -0.491 e. The van der Waals surface area contributed by atoms with Gasteiger partial charge in [-0.2, -0.15) is 0 Å². The first-order valence-corrected chi connectivity index (χ1v) is 14.5. The zero-order valence-electron chi connectivity index (χ0n) is 24.7. The molecule has 0 fully saturated rings. The van der Waals surface area contributed by atoms with Crippen LogP contribution in [0.3, 0.4) is 0 Å². The zero-order chi connectivity index (χ0) is 31.8. The van der Waals surface area contributed by atoms with Crippen LogP contribution in [0, 0.1) is 0 Å². The molecule has 0 bridgehead atoms. The summed E-state index contributed by atoms with van der Waals surface area (Å²) in [5, 5.41) is 20.2. The number of hydrogen-bond donors (Lipinski definition) is 2. The number of hydrogen-bond acceptors (Lipinski definition) is 8. The quantitative estimate of drug-likeness (QED) is 0.125. The first-order valence-electron chi connectivity index (χ1n) is 14.5. The lowest BCUT2D eigenvalue weighted by Gasteiger charge is -2.17. The fraction of sp³-hybridized carbons (Fsp3) is 0.189. The molecule has 0 amide bonds. The van der Waals surface area contributed by atoms with Crippen LogP contribution in [0.4, 0.5) is 0 Å². The first kappa shape index (κ1) is 31.3. The summed E-state index contributed by atoms with van der Waals surface area (Å²) >= 11 is 0. The van der Waals surface area contributed by atoms with Crippen LogP contribution in [0.1, 0.15) is 11.1 Å². The molecule has 230 valence electrons. The Balaban J connectivity index is 1.36. The van der Waals surface area contributed by atoms with Gasteiger partial charge < -0.3 is 29.2 Å². The van der Waals surface area contributed by atoms with E-state index in [4.69, 9.17) is 18.9 Å². The Kier molecular flexibility index (Phi) is 10.1. The van der Waals surface area contributed by atoms with Gasteiger partial charge >= 0.3 is 11.9 Å². The molecular weight excluding hydrogens is 572 g/mol. The van der Waals surface area contributed by atoms with Crippen molar-refractivity contribution in [2.24, 2.45) is 0 Å². The van der Waals surface area contributed by atoms with Crippen LogP contribution in [-0.2, 0) is 25.5 Å². The second kappa shape index (κ2) is 14.5. The van der Waals surface area contributed by atoms with Gasteiger partial charge in [0.05, 0.1) is 0 Å². The Morgan fingerprint density at radius 2 is 1.16 bits per heavy atom. The topological polar surface area (TPSA) is 112 Å².